The predicted molar refractivity (Wildman–Crippen MR) is 101 cm³/mol. The highest BCUT2D eigenvalue weighted by molar-refractivity contribution is 5.93. The van der Waals surface area contributed by atoms with Gasteiger partial charge in [0.2, 0.25) is 11.8 Å². The summed E-state index contributed by atoms with van der Waals surface area (Å²) in [4.78, 5) is 34.4. The fraction of sp³-hybridized carbons (Fsp3) is 0.571. The highest BCUT2D eigenvalue weighted by atomic mass is 16.5. The van der Waals surface area contributed by atoms with Crippen LogP contribution in [0.15, 0.2) is 36.5 Å². The Morgan fingerprint density at radius 3 is 2.85 bits per heavy atom. The molecule has 2 fully saturated rings. The Morgan fingerprint density at radius 2 is 2.19 bits per heavy atom. The Bertz CT molecular complexity index is 761. The van der Waals surface area contributed by atoms with Crippen LogP contribution in [0, 0.1) is 11.8 Å². The van der Waals surface area contributed by atoms with E-state index in [1.165, 1.54) is 0 Å². The van der Waals surface area contributed by atoms with Crippen molar-refractivity contribution in [3.05, 3.63) is 42.2 Å². The molecule has 0 radical (unpaired) electrons. The number of amides is 2. The molecular formula is C21H27N3O3. The molecule has 1 aromatic heterocycles. The van der Waals surface area contributed by atoms with Gasteiger partial charge in [0.15, 0.2) is 0 Å². The molecular weight excluding hydrogens is 342 g/mol. The quantitative estimate of drug-likeness (QED) is 0.720. The molecule has 27 heavy (non-hydrogen) atoms. The van der Waals surface area contributed by atoms with Crippen LogP contribution in [-0.2, 0) is 20.9 Å². The summed E-state index contributed by atoms with van der Waals surface area (Å²) < 4.78 is 6.22. The minimum absolute atomic E-state index is 0.0402. The molecule has 6 heteroatoms. The van der Waals surface area contributed by atoms with Crippen molar-refractivity contribution >= 4 is 11.8 Å². The van der Waals surface area contributed by atoms with Crippen LogP contribution < -0.4 is 0 Å². The molecule has 6 nitrogen and oxygen atoms in total. The van der Waals surface area contributed by atoms with E-state index in [1.54, 1.807) is 18.1 Å². The van der Waals surface area contributed by atoms with Gasteiger partial charge in [0, 0.05) is 19.3 Å². The van der Waals surface area contributed by atoms with Crippen LogP contribution >= 0.6 is 0 Å². The largest absolute Gasteiger partial charge is 0.360 e. The normalized spacial score (nSPS) is 31.0. The topological polar surface area (TPSA) is 62.7 Å². The Hall–Kier alpha value is -2.21. The van der Waals surface area contributed by atoms with Gasteiger partial charge in [-0.25, -0.2) is 0 Å². The van der Waals surface area contributed by atoms with Gasteiger partial charge in [0.1, 0.15) is 5.60 Å². The molecule has 4 atom stereocenters. The first-order valence-electron chi connectivity index (χ1n) is 9.83. The monoisotopic (exact) mass is 369 g/mol. The van der Waals surface area contributed by atoms with Crippen molar-refractivity contribution < 1.29 is 14.3 Å². The summed E-state index contributed by atoms with van der Waals surface area (Å²) in [6, 6.07) is 5.87. The van der Waals surface area contributed by atoms with E-state index >= 15 is 0 Å². The molecule has 144 valence electrons. The third-order valence-electron chi connectivity index (χ3n) is 6.30. The first kappa shape index (κ1) is 18.2. The highest BCUT2D eigenvalue weighted by Crippen LogP contribution is 2.52. The van der Waals surface area contributed by atoms with Gasteiger partial charge < -0.3 is 14.5 Å². The second-order valence-electron chi connectivity index (χ2n) is 7.85. The van der Waals surface area contributed by atoms with Crippen molar-refractivity contribution in [3.63, 3.8) is 0 Å². The first-order chi connectivity index (χ1) is 13.0. The molecule has 0 saturated carbocycles. The van der Waals surface area contributed by atoms with Crippen LogP contribution in [0.3, 0.4) is 0 Å². The van der Waals surface area contributed by atoms with E-state index < -0.39 is 17.4 Å². The lowest BCUT2D eigenvalue weighted by molar-refractivity contribution is -0.143. The second kappa shape index (κ2) is 6.75. The summed E-state index contributed by atoms with van der Waals surface area (Å²) in [5.41, 5.74) is 0.204. The molecule has 2 amide bonds. The number of carbonyl (C=O) groups excluding carboxylic acids is 2. The number of carbonyl (C=O) groups is 2. The molecule has 4 heterocycles. The van der Waals surface area contributed by atoms with Gasteiger partial charge >= 0.3 is 0 Å². The maximum Gasteiger partial charge on any atom is 0.230 e. The molecule has 0 N–H and O–H groups in total. The van der Waals surface area contributed by atoms with E-state index in [4.69, 9.17) is 4.74 Å². The predicted octanol–water partition coefficient (Wildman–Crippen LogP) is 2.01. The maximum atomic E-state index is 13.3. The summed E-state index contributed by atoms with van der Waals surface area (Å²) in [5.74, 6) is -0.830. The van der Waals surface area contributed by atoms with Crippen molar-refractivity contribution in [1.82, 2.24) is 14.8 Å². The fourth-order valence-electron chi connectivity index (χ4n) is 4.92. The minimum Gasteiger partial charge on any atom is -0.360 e. The zero-order valence-electron chi connectivity index (χ0n) is 16.2. The number of pyridine rings is 1. The van der Waals surface area contributed by atoms with Gasteiger partial charge in [-0.3, -0.25) is 14.6 Å². The van der Waals surface area contributed by atoms with E-state index in [9.17, 15) is 9.59 Å². The summed E-state index contributed by atoms with van der Waals surface area (Å²) in [6.07, 6.45) is 7.23. The van der Waals surface area contributed by atoms with Crippen molar-refractivity contribution in [2.75, 3.05) is 13.6 Å². The number of nitrogens with zero attached hydrogens (tertiary/aromatic N) is 3. The zero-order chi connectivity index (χ0) is 19.2. The van der Waals surface area contributed by atoms with Gasteiger partial charge in [0.05, 0.1) is 36.7 Å². The Balaban J connectivity index is 1.56. The number of aromatic nitrogens is 1. The molecule has 0 aliphatic carbocycles. The lowest BCUT2D eigenvalue weighted by atomic mass is 9.76. The Morgan fingerprint density at radius 1 is 1.41 bits per heavy atom. The smallest absolute Gasteiger partial charge is 0.230 e. The van der Waals surface area contributed by atoms with Crippen LogP contribution in [0.25, 0.3) is 0 Å². The molecule has 2 bridgehead atoms. The standard InChI is InChI=1S/C21H27N3O3/c1-4-15(5-2)24-13-21-10-9-16(27-21)17(18(21)20(24)26)19(25)23(3)12-14-8-6-7-11-22-14/h6-11,15-18H,4-5,12-13H2,1-3H3/t16-,17-,18+,21-/m0/s1. The first-order valence-corrected chi connectivity index (χ1v) is 9.83. The SMILES string of the molecule is CCC(CC)N1C[C@]23C=C[C@H](O2)[C@H](C(=O)N(C)Cc2ccccn2)[C@@H]3C1=O. The van der Waals surface area contributed by atoms with E-state index in [1.807, 2.05) is 35.3 Å². The summed E-state index contributed by atoms with van der Waals surface area (Å²) in [6.45, 7) is 5.19. The summed E-state index contributed by atoms with van der Waals surface area (Å²) >= 11 is 0. The van der Waals surface area contributed by atoms with Crippen molar-refractivity contribution in [2.45, 2.75) is 51.0 Å². The van der Waals surface area contributed by atoms with E-state index in [0.29, 0.717) is 13.1 Å². The van der Waals surface area contributed by atoms with Crippen molar-refractivity contribution in [2.24, 2.45) is 11.8 Å². The van der Waals surface area contributed by atoms with Gasteiger partial charge in [-0.15, -0.1) is 0 Å². The van der Waals surface area contributed by atoms with Gasteiger partial charge in [-0.2, -0.15) is 0 Å². The molecule has 0 aromatic carbocycles. The van der Waals surface area contributed by atoms with Crippen molar-refractivity contribution in [1.29, 1.82) is 0 Å². The molecule has 0 unspecified atom stereocenters. The number of ether oxygens (including phenoxy) is 1. The molecule has 1 spiro atoms. The van der Waals surface area contributed by atoms with Crippen LogP contribution in [0.5, 0.6) is 0 Å². The van der Waals surface area contributed by atoms with Crippen LogP contribution in [0.2, 0.25) is 0 Å². The summed E-state index contributed by atoms with van der Waals surface area (Å²) in [5, 5.41) is 0. The fourth-order valence-corrected chi connectivity index (χ4v) is 4.92. The number of likely N-dealkylation sites (tertiary alicyclic amines) is 1. The lowest BCUT2D eigenvalue weighted by Gasteiger charge is -2.29. The lowest BCUT2D eigenvalue weighted by Crippen LogP contribution is -2.45. The molecule has 2 saturated heterocycles. The van der Waals surface area contributed by atoms with Gasteiger partial charge in [-0.05, 0) is 25.0 Å². The van der Waals surface area contributed by atoms with Crippen molar-refractivity contribution in [3.8, 4) is 0 Å². The van der Waals surface area contributed by atoms with E-state index in [0.717, 1.165) is 18.5 Å². The van der Waals surface area contributed by atoms with Gasteiger partial charge in [-0.1, -0.05) is 32.1 Å². The average Bonchev–Trinajstić information content (AvgIpc) is 3.32. The third-order valence-corrected chi connectivity index (χ3v) is 6.30. The zero-order valence-corrected chi connectivity index (χ0v) is 16.2. The number of fused-ring (bicyclic) bond motifs is 1. The summed E-state index contributed by atoms with van der Waals surface area (Å²) in [7, 11) is 1.78. The second-order valence-corrected chi connectivity index (χ2v) is 7.85. The van der Waals surface area contributed by atoms with E-state index in [-0.39, 0.29) is 24.0 Å². The van der Waals surface area contributed by atoms with Gasteiger partial charge in [0.25, 0.3) is 0 Å². The minimum atomic E-state index is -0.628. The van der Waals surface area contributed by atoms with Crippen LogP contribution in [-0.4, -0.2) is 57.9 Å². The Kier molecular flexibility index (Phi) is 4.54. The number of hydrogen-bond donors (Lipinski definition) is 0. The van der Waals surface area contributed by atoms with E-state index in [2.05, 4.69) is 18.8 Å². The maximum absolute atomic E-state index is 13.3. The third kappa shape index (κ3) is 2.78. The highest BCUT2D eigenvalue weighted by Gasteiger charge is 2.67. The number of rotatable bonds is 6. The van der Waals surface area contributed by atoms with Crippen LogP contribution in [0.4, 0.5) is 0 Å². The van der Waals surface area contributed by atoms with Crippen LogP contribution in [0.1, 0.15) is 32.4 Å². The molecule has 3 aliphatic rings. The average molecular weight is 369 g/mol. The Labute approximate surface area is 160 Å². The molecule has 3 aliphatic heterocycles. The number of hydrogen-bond acceptors (Lipinski definition) is 4. The molecule has 4 rings (SSSR count). The molecule has 1 aromatic rings.